The Morgan fingerprint density at radius 3 is 2.74 bits per heavy atom. The third-order valence-corrected chi connectivity index (χ3v) is 3.93. The van der Waals surface area contributed by atoms with Gasteiger partial charge in [-0.25, -0.2) is 8.78 Å². The van der Waals surface area contributed by atoms with E-state index in [1.807, 2.05) is 6.92 Å². The van der Waals surface area contributed by atoms with Crippen molar-refractivity contribution in [2.75, 3.05) is 4.90 Å². The van der Waals surface area contributed by atoms with Gasteiger partial charge in [-0.15, -0.1) is 0 Å². The van der Waals surface area contributed by atoms with Crippen LogP contribution >= 0.6 is 0 Å². The Labute approximate surface area is 133 Å². The molecule has 0 spiro atoms. The number of nitrogens with zero attached hydrogens (tertiary/aromatic N) is 1. The van der Waals surface area contributed by atoms with Gasteiger partial charge in [0.1, 0.15) is 17.4 Å². The molecular weight excluding hydrogens is 300 g/mol. The molecule has 1 aliphatic carbocycles. The van der Waals surface area contributed by atoms with Crippen molar-refractivity contribution in [1.29, 1.82) is 0 Å². The Kier molecular flexibility index (Phi) is 4.28. The van der Waals surface area contributed by atoms with E-state index >= 15 is 0 Å². The summed E-state index contributed by atoms with van der Waals surface area (Å²) in [5, 5.41) is 0. The number of halogens is 2. The van der Waals surface area contributed by atoms with Crippen LogP contribution in [0.1, 0.15) is 25.5 Å². The van der Waals surface area contributed by atoms with Crippen LogP contribution < -0.4 is 4.90 Å². The Bertz CT molecular complexity index is 733. The van der Waals surface area contributed by atoms with E-state index in [0.717, 1.165) is 30.5 Å². The summed E-state index contributed by atoms with van der Waals surface area (Å²) in [6.07, 6.45) is 5.19. The monoisotopic (exact) mass is 317 g/mol. The van der Waals surface area contributed by atoms with Crippen LogP contribution in [-0.4, -0.2) is 5.91 Å². The molecule has 120 valence electrons. The number of amides is 1. The molecule has 0 aliphatic heterocycles. The van der Waals surface area contributed by atoms with Crippen LogP contribution in [0.3, 0.4) is 0 Å². The SMILES string of the molecule is C/C(=C/C(=O)N(Cc1ccco1)c1ccc(F)cc1F)C1CC1. The second-order valence-electron chi connectivity index (χ2n) is 5.76. The number of anilines is 1. The second-order valence-corrected chi connectivity index (χ2v) is 5.76. The zero-order valence-corrected chi connectivity index (χ0v) is 12.8. The predicted octanol–water partition coefficient (Wildman–Crippen LogP) is 4.45. The zero-order chi connectivity index (χ0) is 16.4. The second kappa shape index (κ2) is 6.36. The molecule has 1 heterocycles. The fourth-order valence-electron chi connectivity index (χ4n) is 2.47. The van der Waals surface area contributed by atoms with Gasteiger partial charge in [-0.3, -0.25) is 9.69 Å². The lowest BCUT2D eigenvalue weighted by Crippen LogP contribution is -2.29. The number of benzene rings is 1. The van der Waals surface area contributed by atoms with Gasteiger partial charge in [-0.1, -0.05) is 5.57 Å². The first-order chi connectivity index (χ1) is 11.0. The van der Waals surface area contributed by atoms with Gasteiger partial charge < -0.3 is 4.42 Å². The first kappa shape index (κ1) is 15.5. The largest absolute Gasteiger partial charge is 0.467 e. The fraction of sp³-hybridized carbons (Fsp3) is 0.278. The quantitative estimate of drug-likeness (QED) is 0.764. The number of allylic oxidation sites excluding steroid dienone is 1. The molecule has 5 heteroatoms. The standard InChI is InChI=1S/C18H17F2NO2/c1-12(13-4-5-13)9-18(22)21(11-15-3-2-8-23-15)17-7-6-14(19)10-16(17)20/h2-3,6-10,13H,4-5,11H2,1H3/b12-9-. The van der Waals surface area contributed by atoms with Crippen LogP contribution in [-0.2, 0) is 11.3 Å². The molecule has 0 N–H and O–H groups in total. The fourth-order valence-corrected chi connectivity index (χ4v) is 2.47. The molecule has 1 fully saturated rings. The van der Waals surface area contributed by atoms with Crippen molar-refractivity contribution in [3.8, 4) is 0 Å². The molecule has 1 aromatic carbocycles. The molecule has 0 radical (unpaired) electrons. The Hall–Kier alpha value is -2.43. The van der Waals surface area contributed by atoms with Gasteiger partial charge in [0.05, 0.1) is 18.5 Å². The topological polar surface area (TPSA) is 33.5 Å². The predicted molar refractivity (Wildman–Crippen MR) is 82.7 cm³/mol. The van der Waals surface area contributed by atoms with Crippen molar-refractivity contribution in [2.45, 2.75) is 26.3 Å². The van der Waals surface area contributed by atoms with E-state index in [1.54, 1.807) is 12.1 Å². The highest BCUT2D eigenvalue weighted by atomic mass is 19.1. The van der Waals surface area contributed by atoms with Crippen LogP contribution in [0.15, 0.2) is 52.7 Å². The van der Waals surface area contributed by atoms with Crippen LogP contribution in [0.4, 0.5) is 14.5 Å². The summed E-state index contributed by atoms with van der Waals surface area (Å²) in [5.41, 5.74) is 1.02. The third-order valence-electron chi connectivity index (χ3n) is 3.93. The molecule has 3 rings (SSSR count). The number of hydrogen-bond donors (Lipinski definition) is 0. The van der Waals surface area contributed by atoms with Crippen molar-refractivity contribution >= 4 is 11.6 Å². The first-order valence-electron chi connectivity index (χ1n) is 7.51. The maximum Gasteiger partial charge on any atom is 0.251 e. The zero-order valence-electron chi connectivity index (χ0n) is 12.8. The summed E-state index contributed by atoms with van der Waals surface area (Å²) in [7, 11) is 0. The minimum atomic E-state index is -0.776. The van der Waals surface area contributed by atoms with Crippen molar-refractivity contribution in [3.63, 3.8) is 0 Å². The molecule has 1 aromatic heterocycles. The normalized spacial score (nSPS) is 14.8. The van der Waals surface area contributed by atoms with E-state index in [4.69, 9.17) is 4.42 Å². The molecule has 0 saturated heterocycles. The molecule has 1 aliphatic rings. The van der Waals surface area contributed by atoms with Crippen LogP contribution in [0.25, 0.3) is 0 Å². The average Bonchev–Trinajstić information content (AvgIpc) is 3.23. The van der Waals surface area contributed by atoms with Gasteiger partial charge in [0.15, 0.2) is 0 Å². The van der Waals surface area contributed by atoms with E-state index in [0.29, 0.717) is 11.7 Å². The molecule has 0 bridgehead atoms. The smallest absolute Gasteiger partial charge is 0.251 e. The minimum Gasteiger partial charge on any atom is -0.467 e. The third kappa shape index (κ3) is 3.67. The summed E-state index contributed by atoms with van der Waals surface area (Å²) >= 11 is 0. The van der Waals surface area contributed by atoms with Gasteiger partial charge in [0, 0.05) is 12.1 Å². The summed E-state index contributed by atoms with van der Waals surface area (Å²) < 4.78 is 32.5. The highest BCUT2D eigenvalue weighted by molar-refractivity contribution is 6.01. The molecule has 23 heavy (non-hydrogen) atoms. The van der Waals surface area contributed by atoms with Gasteiger partial charge in [0.2, 0.25) is 0 Å². The molecule has 2 aromatic rings. The highest BCUT2D eigenvalue weighted by Gasteiger charge is 2.25. The average molecular weight is 317 g/mol. The number of rotatable bonds is 5. The van der Waals surface area contributed by atoms with Gasteiger partial charge in [-0.2, -0.15) is 0 Å². The summed E-state index contributed by atoms with van der Waals surface area (Å²) in [5.74, 6) is -0.818. The lowest BCUT2D eigenvalue weighted by Gasteiger charge is -2.21. The maximum atomic E-state index is 14.1. The Morgan fingerprint density at radius 2 is 2.13 bits per heavy atom. The van der Waals surface area contributed by atoms with Crippen LogP contribution in [0.2, 0.25) is 0 Å². The van der Waals surface area contributed by atoms with Gasteiger partial charge >= 0.3 is 0 Å². The number of carbonyl (C=O) groups excluding carboxylic acids is 1. The van der Waals surface area contributed by atoms with Gasteiger partial charge in [0.25, 0.3) is 5.91 Å². The van der Waals surface area contributed by atoms with Crippen molar-refractivity contribution in [3.05, 3.63) is 65.6 Å². The molecule has 0 atom stereocenters. The van der Waals surface area contributed by atoms with E-state index in [9.17, 15) is 13.6 Å². The van der Waals surface area contributed by atoms with E-state index in [1.165, 1.54) is 23.3 Å². The van der Waals surface area contributed by atoms with Crippen molar-refractivity contribution in [2.24, 2.45) is 5.92 Å². The summed E-state index contributed by atoms with van der Waals surface area (Å²) in [6, 6.07) is 6.59. The van der Waals surface area contributed by atoms with Crippen molar-refractivity contribution in [1.82, 2.24) is 0 Å². The number of furan rings is 1. The minimum absolute atomic E-state index is 0.0349. The Balaban J connectivity index is 1.92. The molecule has 3 nitrogen and oxygen atoms in total. The summed E-state index contributed by atoms with van der Waals surface area (Å²) in [6.45, 7) is 1.99. The first-order valence-corrected chi connectivity index (χ1v) is 7.51. The molecular formula is C18H17F2NO2. The lowest BCUT2D eigenvalue weighted by atomic mass is 10.1. The molecule has 1 amide bonds. The van der Waals surface area contributed by atoms with E-state index in [-0.39, 0.29) is 18.1 Å². The summed E-state index contributed by atoms with van der Waals surface area (Å²) in [4.78, 5) is 13.9. The highest BCUT2D eigenvalue weighted by Crippen LogP contribution is 2.36. The lowest BCUT2D eigenvalue weighted by molar-refractivity contribution is -0.114. The van der Waals surface area contributed by atoms with Crippen molar-refractivity contribution < 1.29 is 18.0 Å². The number of carbonyl (C=O) groups is 1. The maximum absolute atomic E-state index is 14.1. The Morgan fingerprint density at radius 1 is 1.35 bits per heavy atom. The van der Waals surface area contributed by atoms with E-state index < -0.39 is 11.6 Å². The number of hydrogen-bond acceptors (Lipinski definition) is 2. The van der Waals surface area contributed by atoms with Crippen LogP contribution in [0.5, 0.6) is 0 Å². The molecule has 1 saturated carbocycles. The molecule has 0 unspecified atom stereocenters. The van der Waals surface area contributed by atoms with E-state index in [2.05, 4.69) is 0 Å². The van der Waals surface area contributed by atoms with Crippen LogP contribution in [0, 0.1) is 17.6 Å². The van der Waals surface area contributed by atoms with Gasteiger partial charge in [-0.05, 0) is 49.9 Å².